The van der Waals surface area contributed by atoms with Crippen LogP contribution in [0, 0.1) is 13.8 Å². The molecule has 0 aliphatic rings. The molecule has 0 aromatic heterocycles. The van der Waals surface area contributed by atoms with Gasteiger partial charge >= 0.3 is 5.97 Å². The van der Waals surface area contributed by atoms with Gasteiger partial charge in [0.1, 0.15) is 0 Å². The van der Waals surface area contributed by atoms with Gasteiger partial charge in [-0.05, 0) is 55.3 Å². The molecular formula is C19H22N2O3. The van der Waals surface area contributed by atoms with Crippen molar-refractivity contribution in [1.29, 1.82) is 0 Å². The Morgan fingerprint density at radius 3 is 2.46 bits per heavy atom. The summed E-state index contributed by atoms with van der Waals surface area (Å²) < 4.78 is 5.08. The van der Waals surface area contributed by atoms with Gasteiger partial charge in [-0.25, -0.2) is 4.79 Å². The van der Waals surface area contributed by atoms with Crippen molar-refractivity contribution in [3.63, 3.8) is 0 Å². The fraction of sp³-hybridized carbons (Fsp3) is 0.263. The highest BCUT2D eigenvalue weighted by Gasteiger charge is 2.12. The lowest BCUT2D eigenvalue weighted by Gasteiger charge is -2.16. The van der Waals surface area contributed by atoms with Crippen molar-refractivity contribution >= 4 is 23.3 Å². The van der Waals surface area contributed by atoms with E-state index in [9.17, 15) is 9.59 Å². The third kappa shape index (κ3) is 4.59. The summed E-state index contributed by atoms with van der Waals surface area (Å²) in [4.78, 5) is 25.9. The maximum absolute atomic E-state index is 12.1. The lowest BCUT2D eigenvalue weighted by molar-refractivity contribution is -0.119. The fourth-order valence-electron chi connectivity index (χ4n) is 2.42. The van der Waals surface area contributed by atoms with Crippen molar-refractivity contribution in [2.24, 2.45) is 0 Å². The first-order valence-electron chi connectivity index (χ1n) is 7.68. The Hall–Kier alpha value is -2.82. The van der Waals surface area contributed by atoms with Gasteiger partial charge in [0.25, 0.3) is 5.91 Å². The highest BCUT2D eigenvalue weighted by molar-refractivity contribution is 5.95. The van der Waals surface area contributed by atoms with E-state index in [0.29, 0.717) is 11.3 Å². The lowest BCUT2D eigenvalue weighted by atomic mass is 10.1. The molecule has 0 radical (unpaired) electrons. The SMILES string of the molecule is Cc1cccc(NC(=O)COC(=O)c2ccc(N(C)C)c(C)c2)c1. The van der Waals surface area contributed by atoms with Crippen LogP contribution < -0.4 is 10.2 Å². The number of esters is 1. The molecule has 0 bridgehead atoms. The van der Waals surface area contributed by atoms with Gasteiger partial charge in [-0.3, -0.25) is 4.79 Å². The zero-order chi connectivity index (χ0) is 17.7. The van der Waals surface area contributed by atoms with Crippen molar-refractivity contribution in [2.75, 3.05) is 30.9 Å². The number of nitrogens with zero attached hydrogens (tertiary/aromatic N) is 1. The Bertz CT molecular complexity index is 754. The van der Waals surface area contributed by atoms with Crippen molar-refractivity contribution in [1.82, 2.24) is 0 Å². The topological polar surface area (TPSA) is 58.6 Å². The van der Waals surface area contributed by atoms with Crippen molar-refractivity contribution in [3.05, 3.63) is 59.2 Å². The molecule has 0 saturated heterocycles. The maximum atomic E-state index is 12.1. The molecule has 1 N–H and O–H groups in total. The molecule has 5 heteroatoms. The van der Waals surface area contributed by atoms with Gasteiger partial charge in [-0.15, -0.1) is 0 Å². The molecule has 2 rings (SSSR count). The first-order valence-corrected chi connectivity index (χ1v) is 7.68. The van der Waals surface area contributed by atoms with Crippen LogP contribution in [0.3, 0.4) is 0 Å². The number of hydrogen-bond acceptors (Lipinski definition) is 4. The normalized spacial score (nSPS) is 10.2. The molecule has 0 atom stereocenters. The van der Waals surface area contributed by atoms with Crippen LogP contribution in [0.5, 0.6) is 0 Å². The summed E-state index contributed by atoms with van der Waals surface area (Å²) in [6.45, 7) is 3.55. The Balaban J connectivity index is 1.93. The van der Waals surface area contributed by atoms with E-state index in [1.165, 1.54) is 0 Å². The second-order valence-electron chi connectivity index (χ2n) is 5.89. The second kappa shape index (κ2) is 7.64. The minimum Gasteiger partial charge on any atom is -0.452 e. The Morgan fingerprint density at radius 2 is 1.83 bits per heavy atom. The summed E-state index contributed by atoms with van der Waals surface area (Å²) in [5.41, 5.74) is 4.16. The fourth-order valence-corrected chi connectivity index (χ4v) is 2.42. The average molecular weight is 326 g/mol. The molecule has 0 aliphatic carbocycles. The number of aryl methyl sites for hydroxylation is 2. The van der Waals surface area contributed by atoms with Crippen LogP contribution in [-0.2, 0) is 9.53 Å². The standard InChI is InChI=1S/C19H22N2O3/c1-13-6-5-7-16(10-13)20-18(22)12-24-19(23)15-8-9-17(21(3)4)14(2)11-15/h5-11H,12H2,1-4H3,(H,20,22). The van der Waals surface area contributed by atoms with Gasteiger partial charge in [-0.2, -0.15) is 0 Å². The van der Waals surface area contributed by atoms with E-state index in [0.717, 1.165) is 16.8 Å². The van der Waals surface area contributed by atoms with Crippen LogP contribution in [0.15, 0.2) is 42.5 Å². The van der Waals surface area contributed by atoms with E-state index in [1.54, 1.807) is 18.2 Å². The number of carbonyl (C=O) groups is 2. The molecule has 0 aliphatic heterocycles. The van der Waals surface area contributed by atoms with Gasteiger partial charge in [0.2, 0.25) is 0 Å². The summed E-state index contributed by atoms with van der Waals surface area (Å²) in [6, 6.07) is 12.7. The van der Waals surface area contributed by atoms with E-state index >= 15 is 0 Å². The number of ether oxygens (including phenoxy) is 1. The van der Waals surface area contributed by atoms with Crippen molar-refractivity contribution in [2.45, 2.75) is 13.8 Å². The van der Waals surface area contributed by atoms with Crippen LogP contribution in [0.2, 0.25) is 0 Å². The molecule has 2 aromatic carbocycles. The molecule has 0 unspecified atom stereocenters. The summed E-state index contributed by atoms with van der Waals surface area (Å²) >= 11 is 0. The number of benzene rings is 2. The Morgan fingerprint density at radius 1 is 1.08 bits per heavy atom. The van der Waals surface area contributed by atoms with Crippen molar-refractivity contribution in [3.8, 4) is 0 Å². The number of amides is 1. The van der Waals surface area contributed by atoms with Gasteiger partial charge < -0.3 is 15.0 Å². The van der Waals surface area contributed by atoms with E-state index in [2.05, 4.69) is 5.32 Å². The molecule has 0 heterocycles. The smallest absolute Gasteiger partial charge is 0.338 e. The molecule has 1 amide bonds. The monoisotopic (exact) mass is 326 g/mol. The van der Waals surface area contributed by atoms with Gasteiger partial charge in [0.15, 0.2) is 6.61 Å². The highest BCUT2D eigenvalue weighted by Crippen LogP contribution is 2.19. The number of anilines is 2. The van der Waals surface area contributed by atoms with E-state index in [1.807, 2.05) is 57.1 Å². The van der Waals surface area contributed by atoms with E-state index in [-0.39, 0.29) is 12.5 Å². The third-order valence-electron chi connectivity index (χ3n) is 3.55. The summed E-state index contributed by atoms with van der Waals surface area (Å²) in [5.74, 6) is -0.876. The molecule has 0 saturated carbocycles. The summed E-state index contributed by atoms with van der Waals surface area (Å²) in [7, 11) is 3.88. The van der Waals surface area contributed by atoms with E-state index in [4.69, 9.17) is 4.74 Å². The Labute approximate surface area is 142 Å². The number of rotatable bonds is 5. The first-order chi connectivity index (χ1) is 11.4. The quantitative estimate of drug-likeness (QED) is 0.858. The second-order valence-corrected chi connectivity index (χ2v) is 5.89. The van der Waals surface area contributed by atoms with Crippen molar-refractivity contribution < 1.29 is 14.3 Å². The zero-order valence-electron chi connectivity index (χ0n) is 14.4. The first kappa shape index (κ1) is 17.5. The zero-order valence-corrected chi connectivity index (χ0v) is 14.4. The van der Waals surface area contributed by atoms with Crippen LogP contribution in [0.4, 0.5) is 11.4 Å². The summed E-state index contributed by atoms with van der Waals surface area (Å²) in [6.07, 6.45) is 0. The van der Waals surface area contributed by atoms with Crippen LogP contribution in [-0.4, -0.2) is 32.6 Å². The van der Waals surface area contributed by atoms with Crippen LogP contribution >= 0.6 is 0 Å². The average Bonchev–Trinajstić information content (AvgIpc) is 2.52. The van der Waals surface area contributed by atoms with Crippen LogP contribution in [0.25, 0.3) is 0 Å². The predicted molar refractivity (Wildman–Crippen MR) is 95.6 cm³/mol. The van der Waals surface area contributed by atoms with E-state index < -0.39 is 5.97 Å². The Kier molecular flexibility index (Phi) is 5.58. The molecule has 0 fully saturated rings. The molecule has 5 nitrogen and oxygen atoms in total. The minimum atomic E-state index is -0.511. The molecule has 2 aromatic rings. The molecule has 24 heavy (non-hydrogen) atoms. The number of hydrogen-bond donors (Lipinski definition) is 1. The number of carbonyl (C=O) groups excluding carboxylic acids is 2. The lowest BCUT2D eigenvalue weighted by Crippen LogP contribution is -2.21. The largest absolute Gasteiger partial charge is 0.452 e. The van der Waals surface area contributed by atoms with Gasteiger partial charge in [0.05, 0.1) is 5.56 Å². The third-order valence-corrected chi connectivity index (χ3v) is 3.55. The molecular weight excluding hydrogens is 304 g/mol. The molecule has 126 valence electrons. The van der Waals surface area contributed by atoms with Crippen LogP contribution in [0.1, 0.15) is 21.5 Å². The summed E-state index contributed by atoms with van der Waals surface area (Å²) in [5, 5.41) is 2.70. The maximum Gasteiger partial charge on any atom is 0.338 e. The van der Waals surface area contributed by atoms with Gasteiger partial charge in [0, 0.05) is 25.5 Å². The number of nitrogens with one attached hydrogen (secondary N) is 1. The predicted octanol–water partition coefficient (Wildman–Crippen LogP) is 3.16. The van der Waals surface area contributed by atoms with Gasteiger partial charge in [-0.1, -0.05) is 12.1 Å². The molecule has 0 spiro atoms. The highest BCUT2D eigenvalue weighted by atomic mass is 16.5. The minimum absolute atomic E-state index is 0.318.